The second-order valence-electron chi connectivity index (χ2n) is 2.74. The largest absolute Gasteiger partial charge is 0.310 e. The van der Waals surface area contributed by atoms with Crippen molar-refractivity contribution in [3.8, 4) is 0 Å². The lowest BCUT2D eigenvalue weighted by Gasteiger charge is -2.10. The van der Waals surface area contributed by atoms with Crippen molar-refractivity contribution in [3.05, 3.63) is 22.4 Å². The molecule has 66 valence electrons. The van der Waals surface area contributed by atoms with Crippen molar-refractivity contribution in [3.63, 3.8) is 0 Å². The summed E-state index contributed by atoms with van der Waals surface area (Å²) in [6.45, 7) is 1.62. The first-order chi connectivity index (χ1) is 5.74. The summed E-state index contributed by atoms with van der Waals surface area (Å²) in [5, 5.41) is 5.03. The molecule has 0 spiro atoms. The van der Waals surface area contributed by atoms with Gasteiger partial charge >= 0.3 is 0 Å². The quantitative estimate of drug-likeness (QED) is 0.766. The summed E-state index contributed by atoms with van der Waals surface area (Å²) in [7, 11) is 1.82. The maximum absolute atomic E-state index is 11.0. The minimum absolute atomic E-state index is 0.0244. The molecular weight excluding hydrogens is 170 g/mol. The van der Waals surface area contributed by atoms with E-state index in [1.54, 1.807) is 18.3 Å². The third-order valence-corrected chi connectivity index (χ3v) is 2.72. The van der Waals surface area contributed by atoms with Gasteiger partial charge in [0.2, 0.25) is 0 Å². The van der Waals surface area contributed by atoms with Gasteiger partial charge in [-0.05, 0) is 25.4 Å². The lowest BCUT2D eigenvalue weighted by molar-refractivity contribution is -0.118. The minimum Gasteiger partial charge on any atom is -0.310 e. The van der Waals surface area contributed by atoms with E-state index in [2.05, 4.69) is 11.4 Å². The Morgan fingerprint density at radius 3 is 2.92 bits per heavy atom. The molecule has 1 N–H and O–H groups in total. The molecule has 0 amide bonds. The molecule has 1 atom stereocenters. The highest BCUT2D eigenvalue weighted by Crippen LogP contribution is 2.11. The van der Waals surface area contributed by atoms with Crippen LogP contribution in [0.3, 0.4) is 0 Å². The third kappa shape index (κ3) is 2.43. The third-order valence-electron chi connectivity index (χ3n) is 1.82. The summed E-state index contributed by atoms with van der Waals surface area (Å²) in [5.74, 6) is 0.200. The van der Waals surface area contributed by atoms with E-state index in [1.165, 1.54) is 4.88 Å². The predicted molar refractivity (Wildman–Crippen MR) is 51.6 cm³/mol. The van der Waals surface area contributed by atoms with Gasteiger partial charge in [-0.2, -0.15) is 0 Å². The van der Waals surface area contributed by atoms with Crippen LogP contribution in [-0.2, 0) is 11.2 Å². The van der Waals surface area contributed by atoms with E-state index in [0.29, 0.717) is 0 Å². The molecule has 3 heteroatoms. The standard InChI is InChI=1S/C9H13NOS/c1-7(11)9(10-2)6-8-4-3-5-12-8/h3-5,9-10H,6H2,1-2H3/t9-/m1/s1. The molecule has 0 bridgehead atoms. The van der Waals surface area contributed by atoms with Gasteiger partial charge in [0, 0.05) is 11.3 Å². The fourth-order valence-electron chi connectivity index (χ4n) is 1.08. The zero-order valence-corrected chi connectivity index (χ0v) is 8.15. The molecular formula is C9H13NOS. The Morgan fingerprint density at radius 1 is 1.75 bits per heavy atom. The summed E-state index contributed by atoms with van der Waals surface area (Å²) in [5.41, 5.74) is 0. The Labute approximate surface area is 76.6 Å². The number of nitrogens with one attached hydrogen (secondary N) is 1. The van der Waals surface area contributed by atoms with Gasteiger partial charge in [-0.15, -0.1) is 11.3 Å². The number of ketones is 1. The summed E-state index contributed by atoms with van der Waals surface area (Å²) in [4.78, 5) is 12.3. The molecule has 1 aromatic heterocycles. The smallest absolute Gasteiger partial charge is 0.147 e. The predicted octanol–water partition coefficient (Wildman–Crippen LogP) is 1.47. The SMILES string of the molecule is CN[C@H](Cc1cccs1)C(C)=O. The molecule has 1 heterocycles. The van der Waals surface area contributed by atoms with Crippen molar-refractivity contribution in [2.45, 2.75) is 19.4 Å². The van der Waals surface area contributed by atoms with Gasteiger partial charge in [-0.3, -0.25) is 4.79 Å². The Kier molecular flexibility index (Phi) is 3.44. The first-order valence-corrected chi connectivity index (χ1v) is 4.82. The molecule has 1 aromatic rings. The average Bonchev–Trinajstić information content (AvgIpc) is 2.51. The maximum atomic E-state index is 11.0. The summed E-state index contributed by atoms with van der Waals surface area (Å²) in [6, 6.07) is 4.04. The van der Waals surface area contributed by atoms with Gasteiger partial charge in [-0.1, -0.05) is 6.07 Å². The molecule has 0 aliphatic rings. The molecule has 0 radical (unpaired) electrons. The highest BCUT2D eigenvalue weighted by Gasteiger charge is 2.11. The van der Waals surface area contributed by atoms with Crippen LogP contribution in [0.5, 0.6) is 0 Å². The van der Waals surface area contributed by atoms with Gasteiger partial charge in [-0.25, -0.2) is 0 Å². The van der Waals surface area contributed by atoms with Crippen LogP contribution in [-0.4, -0.2) is 18.9 Å². The van der Waals surface area contributed by atoms with Crippen molar-refractivity contribution >= 4 is 17.1 Å². The number of hydrogen-bond donors (Lipinski definition) is 1. The zero-order chi connectivity index (χ0) is 8.97. The number of likely N-dealkylation sites (N-methyl/N-ethyl adjacent to an activating group) is 1. The van der Waals surface area contributed by atoms with E-state index in [0.717, 1.165) is 6.42 Å². The molecule has 0 unspecified atom stereocenters. The second kappa shape index (κ2) is 4.38. The number of hydrogen-bond acceptors (Lipinski definition) is 3. The number of rotatable bonds is 4. The number of Topliss-reactive ketones (excluding diaryl/α,β-unsaturated/α-hetero) is 1. The lowest BCUT2D eigenvalue weighted by atomic mass is 10.1. The van der Waals surface area contributed by atoms with Crippen LogP contribution in [0, 0.1) is 0 Å². The van der Waals surface area contributed by atoms with Crippen molar-refractivity contribution in [2.24, 2.45) is 0 Å². The van der Waals surface area contributed by atoms with Gasteiger partial charge in [0.05, 0.1) is 6.04 Å². The van der Waals surface area contributed by atoms with Gasteiger partial charge in [0.1, 0.15) is 5.78 Å². The van der Waals surface area contributed by atoms with Crippen LogP contribution >= 0.6 is 11.3 Å². The van der Waals surface area contributed by atoms with E-state index in [9.17, 15) is 4.79 Å². The zero-order valence-electron chi connectivity index (χ0n) is 7.33. The summed E-state index contributed by atoms with van der Waals surface area (Å²) < 4.78 is 0. The van der Waals surface area contributed by atoms with Gasteiger partial charge in [0.15, 0.2) is 0 Å². The molecule has 0 aromatic carbocycles. The van der Waals surface area contributed by atoms with Crippen molar-refractivity contribution in [1.29, 1.82) is 0 Å². The van der Waals surface area contributed by atoms with Crippen molar-refractivity contribution < 1.29 is 4.79 Å². The van der Waals surface area contributed by atoms with Crippen LogP contribution in [0.4, 0.5) is 0 Å². The average molecular weight is 183 g/mol. The fourth-order valence-corrected chi connectivity index (χ4v) is 1.83. The van der Waals surface area contributed by atoms with E-state index in [-0.39, 0.29) is 11.8 Å². The summed E-state index contributed by atoms with van der Waals surface area (Å²) >= 11 is 1.69. The summed E-state index contributed by atoms with van der Waals surface area (Å²) in [6.07, 6.45) is 0.809. The van der Waals surface area contributed by atoms with E-state index in [1.807, 2.05) is 18.5 Å². The van der Waals surface area contributed by atoms with Crippen LogP contribution in [0.1, 0.15) is 11.8 Å². The fraction of sp³-hybridized carbons (Fsp3) is 0.444. The molecule has 0 fully saturated rings. The molecule has 12 heavy (non-hydrogen) atoms. The monoisotopic (exact) mass is 183 g/mol. The molecule has 0 saturated carbocycles. The Morgan fingerprint density at radius 2 is 2.50 bits per heavy atom. The lowest BCUT2D eigenvalue weighted by Crippen LogP contribution is -2.33. The Hall–Kier alpha value is -0.670. The van der Waals surface area contributed by atoms with Crippen LogP contribution < -0.4 is 5.32 Å². The molecule has 0 aliphatic carbocycles. The van der Waals surface area contributed by atoms with Crippen LogP contribution in [0.15, 0.2) is 17.5 Å². The van der Waals surface area contributed by atoms with E-state index in [4.69, 9.17) is 0 Å². The molecule has 1 rings (SSSR count). The van der Waals surface area contributed by atoms with Crippen LogP contribution in [0.2, 0.25) is 0 Å². The minimum atomic E-state index is -0.0244. The number of carbonyl (C=O) groups is 1. The van der Waals surface area contributed by atoms with E-state index < -0.39 is 0 Å². The first-order valence-electron chi connectivity index (χ1n) is 3.94. The normalized spacial score (nSPS) is 12.8. The number of thiophene rings is 1. The molecule has 0 saturated heterocycles. The Balaban J connectivity index is 2.54. The van der Waals surface area contributed by atoms with Crippen molar-refractivity contribution in [2.75, 3.05) is 7.05 Å². The van der Waals surface area contributed by atoms with Gasteiger partial charge < -0.3 is 5.32 Å². The van der Waals surface area contributed by atoms with Gasteiger partial charge in [0.25, 0.3) is 0 Å². The highest BCUT2D eigenvalue weighted by atomic mass is 32.1. The number of carbonyl (C=O) groups excluding carboxylic acids is 1. The van der Waals surface area contributed by atoms with E-state index >= 15 is 0 Å². The second-order valence-corrected chi connectivity index (χ2v) is 3.77. The maximum Gasteiger partial charge on any atom is 0.147 e. The van der Waals surface area contributed by atoms with Crippen molar-refractivity contribution in [1.82, 2.24) is 5.32 Å². The Bertz CT molecular complexity index is 243. The van der Waals surface area contributed by atoms with Crippen LogP contribution in [0.25, 0.3) is 0 Å². The topological polar surface area (TPSA) is 29.1 Å². The highest BCUT2D eigenvalue weighted by molar-refractivity contribution is 7.09. The molecule has 0 aliphatic heterocycles. The molecule has 2 nitrogen and oxygen atoms in total. The first kappa shape index (κ1) is 9.42.